The number of aryl methyl sites for hydroxylation is 1. The standard InChI is InChI=1S/C22H25N3O4S/c1-16-9-11-18(12-10-16)24-30(27,28)19-7-4-6-17(14-19)22(26)23-15-20(25(2)3)21-8-5-13-29-21/h4-14,20,24H,15H2,1-3H3,(H,23,26)/t20-/m1/s1. The molecule has 2 N–H and O–H groups in total. The third-order valence-electron chi connectivity index (χ3n) is 4.66. The van der Waals surface area contributed by atoms with Crippen LogP contribution in [0.4, 0.5) is 5.69 Å². The molecule has 0 radical (unpaired) electrons. The van der Waals surface area contributed by atoms with Crippen molar-refractivity contribution in [2.24, 2.45) is 0 Å². The Morgan fingerprint density at radius 2 is 1.80 bits per heavy atom. The Labute approximate surface area is 176 Å². The van der Waals surface area contributed by atoms with Gasteiger partial charge in [0.05, 0.1) is 17.2 Å². The van der Waals surface area contributed by atoms with E-state index in [2.05, 4.69) is 10.0 Å². The van der Waals surface area contributed by atoms with E-state index in [-0.39, 0.29) is 22.4 Å². The quantitative estimate of drug-likeness (QED) is 0.575. The molecular formula is C22H25N3O4S. The molecule has 2 aromatic carbocycles. The molecule has 0 saturated carbocycles. The minimum absolute atomic E-state index is 0.0194. The average molecular weight is 428 g/mol. The van der Waals surface area contributed by atoms with Gasteiger partial charge in [-0.1, -0.05) is 23.8 Å². The fourth-order valence-corrected chi connectivity index (χ4v) is 4.05. The summed E-state index contributed by atoms with van der Waals surface area (Å²) in [5.41, 5.74) is 1.75. The number of rotatable bonds is 8. The van der Waals surface area contributed by atoms with Crippen LogP contribution in [-0.2, 0) is 10.0 Å². The summed E-state index contributed by atoms with van der Waals surface area (Å²) in [5, 5.41) is 2.85. The maximum Gasteiger partial charge on any atom is 0.261 e. The van der Waals surface area contributed by atoms with E-state index in [0.29, 0.717) is 12.2 Å². The molecule has 0 bridgehead atoms. The fourth-order valence-electron chi connectivity index (χ4n) is 2.95. The largest absolute Gasteiger partial charge is 0.468 e. The van der Waals surface area contributed by atoms with Gasteiger partial charge in [-0.2, -0.15) is 0 Å². The van der Waals surface area contributed by atoms with Gasteiger partial charge >= 0.3 is 0 Å². The SMILES string of the molecule is Cc1ccc(NS(=O)(=O)c2cccc(C(=O)NC[C@H](c3ccco3)N(C)C)c2)cc1. The van der Waals surface area contributed by atoms with Crippen molar-refractivity contribution >= 4 is 21.6 Å². The Bertz CT molecular complexity index is 1090. The van der Waals surface area contributed by atoms with Gasteiger partial charge in [-0.05, 0) is 63.5 Å². The summed E-state index contributed by atoms with van der Waals surface area (Å²) in [6, 6.07) is 16.5. The predicted octanol–water partition coefficient (Wildman–Crippen LogP) is 3.42. The summed E-state index contributed by atoms with van der Waals surface area (Å²) in [6.07, 6.45) is 1.59. The Hall–Kier alpha value is -3.10. The number of nitrogens with one attached hydrogen (secondary N) is 2. The number of hydrogen-bond acceptors (Lipinski definition) is 5. The highest BCUT2D eigenvalue weighted by Crippen LogP contribution is 2.19. The molecule has 0 aliphatic heterocycles. The van der Waals surface area contributed by atoms with Gasteiger partial charge in [0.1, 0.15) is 5.76 Å². The van der Waals surface area contributed by atoms with Crippen LogP contribution in [0.25, 0.3) is 0 Å². The summed E-state index contributed by atoms with van der Waals surface area (Å²) in [5.74, 6) is 0.375. The van der Waals surface area contributed by atoms with E-state index < -0.39 is 10.0 Å². The maximum absolute atomic E-state index is 12.7. The zero-order chi connectivity index (χ0) is 21.7. The molecule has 8 heteroatoms. The van der Waals surface area contributed by atoms with Crippen LogP contribution in [-0.4, -0.2) is 39.9 Å². The first-order valence-electron chi connectivity index (χ1n) is 9.44. The predicted molar refractivity (Wildman–Crippen MR) is 116 cm³/mol. The number of nitrogens with zero attached hydrogens (tertiary/aromatic N) is 1. The lowest BCUT2D eigenvalue weighted by molar-refractivity contribution is 0.0939. The van der Waals surface area contributed by atoms with Crippen molar-refractivity contribution in [2.75, 3.05) is 25.4 Å². The Kier molecular flexibility index (Phi) is 6.59. The summed E-state index contributed by atoms with van der Waals surface area (Å²) >= 11 is 0. The van der Waals surface area contributed by atoms with Gasteiger partial charge in [-0.25, -0.2) is 8.42 Å². The Morgan fingerprint density at radius 1 is 1.07 bits per heavy atom. The summed E-state index contributed by atoms with van der Waals surface area (Å²) in [4.78, 5) is 14.6. The molecule has 158 valence electrons. The summed E-state index contributed by atoms with van der Waals surface area (Å²) < 4.78 is 33.4. The molecule has 30 heavy (non-hydrogen) atoms. The lowest BCUT2D eigenvalue weighted by atomic mass is 10.2. The van der Waals surface area contributed by atoms with Gasteiger partial charge in [0.15, 0.2) is 0 Å². The number of benzene rings is 2. The second-order valence-corrected chi connectivity index (χ2v) is 8.89. The minimum Gasteiger partial charge on any atom is -0.468 e. The number of carbonyl (C=O) groups is 1. The second kappa shape index (κ2) is 9.15. The monoisotopic (exact) mass is 427 g/mol. The maximum atomic E-state index is 12.7. The number of carbonyl (C=O) groups excluding carboxylic acids is 1. The molecule has 0 unspecified atom stereocenters. The Morgan fingerprint density at radius 3 is 2.43 bits per heavy atom. The van der Waals surface area contributed by atoms with Crippen molar-refractivity contribution in [3.8, 4) is 0 Å². The minimum atomic E-state index is -3.82. The third-order valence-corrected chi connectivity index (χ3v) is 6.04. The molecule has 0 fully saturated rings. The van der Waals surface area contributed by atoms with E-state index in [1.165, 1.54) is 12.1 Å². The molecule has 1 heterocycles. The number of amides is 1. The first-order valence-corrected chi connectivity index (χ1v) is 10.9. The average Bonchev–Trinajstić information content (AvgIpc) is 3.24. The molecule has 7 nitrogen and oxygen atoms in total. The third kappa shape index (κ3) is 5.28. The molecule has 3 aromatic rings. The highest BCUT2D eigenvalue weighted by molar-refractivity contribution is 7.92. The molecule has 0 saturated heterocycles. The molecule has 0 aliphatic rings. The van der Waals surface area contributed by atoms with Gasteiger partial charge < -0.3 is 9.73 Å². The van der Waals surface area contributed by atoms with E-state index in [1.54, 1.807) is 36.6 Å². The molecule has 1 atom stereocenters. The van der Waals surface area contributed by atoms with Crippen molar-refractivity contribution in [3.63, 3.8) is 0 Å². The van der Waals surface area contributed by atoms with Crippen LogP contribution in [0.3, 0.4) is 0 Å². The van der Waals surface area contributed by atoms with E-state index >= 15 is 0 Å². The highest BCUT2D eigenvalue weighted by Gasteiger charge is 2.20. The van der Waals surface area contributed by atoms with Gasteiger partial charge in [0.25, 0.3) is 15.9 Å². The van der Waals surface area contributed by atoms with Crippen LogP contribution >= 0.6 is 0 Å². The Balaban J connectivity index is 1.72. The fraction of sp³-hybridized carbons (Fsp3) is 0.227. The summed E-state index contributed by atoms with van der Waals surface area (Å²) in [7, 11) is -0.0313. The number of hydrogen-bond donors (Lipinski definition) is 2. The highest BCUT2D eigenvalue weighted by atomic mass is 32.2. The van der Waals surface area contributed by atoms with Crippen molar-refractivity contribution in [3.05, 3.63) is 83.8 Å². The normalized spacial score (nSPS) is 12.5. The number of anilines is 1. The topological polar surface area (TPSA) is 91.6 Å². The number of furan rings is 1. The second-order valence-electron chi connectivity index (χ2n) is 7.20. The zero-order valence-corrected chi connectivity index (χ0v) is 17.9. The van der Waals surface area contributed by atoms with Crippen molar-refractivity contribution in [1.29, 1.82) is 0 Å². The smallest absolute Gasteiger partial charge is 0.261 e. The molecule has 0 aliphatic carbocycles. The molecule has 0 spiro atoms. The van der Waals surface area contributed by atoms with E-state index in [9.17, 15) is 13.2 Å². The molecular weight excluding hydrogens is 402 g/mol. The van der Waals surface area contributed by atoms with Gasteiger partial charge in [0.2, 0.25) is 0 Å². The number of sulfonamides is 1. The lowest BCUT2D eigenvalue weighted by Gasteiger charge is -2.22. The molecule has 1 amide bonds. The van der Waals surface area contributed by atoms with E-state index in [1.807, 2.05) is 44.1 Å². The van der Waals surface area contributed by atoms with E-state index in [4.69, 9.17) is 4.42 Å². The van der Waals surface area contributed by atoms with Gasteiger partial charge in [-0.3, -0.25) is 14.4 Å². The molecule has 1 aromatic heterocycles. The first-order chi connectivity index (χ1) is 14.3. The lowest BCUT2D eigenvalue weighted by Crippen LogP contribution is -2.34. The van der Waals surface area contributed by atoms with Crippen molar-refractivity contribution in [1.82, 2.24) is 10.2 Å². The van der Waals surface area contributed by atoms with Crippen LogP contribution in [0, 0.1) is 6.92 Å². The number of likely N-dealkylation sites (N-methyl/N-ethyl adjacent to an activating group) is 1. The van der Waals surface area contributed by atoms with Crippen LogP contribution in [0.5, 0.6) is 0 Å². The van der Waals surface area contributed by atoms with E-state index in [0.717, 1.165) is 11.3 Å². The van der Waals surface area contributed by atoms with Crippen LogP contribution < -0.4 is 10.0 Å². The van der Waals surface area contributed by atoms with Crippen molar-refractivity contribution in [2.45, 2.75) is 17.9 Å². The van der Waals surface area contributed by atoms with Crippen molar-refractivity contribution < 1.29 is 17.6 Å². The molecule has 3 rings (SSSR count). The van der Waals surface area contributed by atoms with Crippen LogP contribution in [0.1, 0.15) is 27.7 Å². The van der Waals surface area contributed by atoms with Crippen LogP contribution in [0.2, 0.25) is 0 Å². The van der Waals surface area contributed by atoms with Gasteiger partial charge in [0, 0.05) is 17.8 Å². The van der Waals surface area contributed by atoms with Gasteiger partial charge in [-0.15, -0.1) is 0 Å². The summed E-state index contributed by atoms with van der Waals surface area (Å²) in [6.45, 7) is 2.24. The zero-order valence-electron chi connectivity index (χ0n) is 17.1. The van der Waals surface area contributed by atoms with Crippen LogP contribution in [0.15, 0.2) is 76.2 Å². The first kappa shape index (κ1) is 21.6.